The summed E-state index contributed by atoms with van der Waals surface area (Å²) in [7, 11) is 1.33. The quantitative estimate of drug-likeness (QED) is 0.645. The van der Waals surface area contributed by atoms with E-state index in [4.69, 9.17) is 27.9 Å². The third kappa shape index (κ3) is 4.37. The third-order valence-corrected chi connectivity index (χ3v) is 4.11. The summed E-state index contributed by atoms with van der Waals surface area (Å²) < 4.78 is 34.2. The van der Waals surface area contributed by atoms with Gasteiger partial charge in [-0.05, 0) is 42.0 Å². The molecule has 0 saturated carbocycles. The molecule has 0 bridgehead atoms. The van der Waals surface area contributed by atoms with E-state index in [0.717, 1.165) is 0 Å². The minimum absolute atomic E-state index is 0.102. The Bertz CT molecular complexity index is 1080. The van der Waals surface area contributed by atoms with Crippen molar-refractivity contribution >= 4 is 45.2 Å². The van der Waals surface area contributed by atoms with Gasteiger partial charge in [-0.15, -0.1) is 0 Å². The normalized spacial score (nSPS) is 11.9. The SMILES string of the molecule is COc1cc(/C=C(\Cl)c2nc3ccc(Cl)cc3c(=O)[nH]2)ccc1OC(F)F. The smallest absolute Gasteiger partial charge is 0.387 e. The number of aromatic nitrogens is 2. The lowest BCUT2D eigenvalue weighted by atomic mass is 10.2. The Kier molecular flexibility index (Phi) is 5.62. The van der Waals surface area contributed by atoms with Crippen LogP contribution in [0.5, 0.6) is 11.5 Å². The zero-order valence-electron chi connectivity index (χ0n) is 13.8. The van der Waals surface area contributed by atoms with E-state index >= 15 is 0 Å². The van der Waals surface area contributed by atoms with Crippen LogP contribution >= 0.6 is 23.2 Å². The van der Waals surface area contributed by atoms with Crippen LogP contribution in [-0.2, 0) is 0 Å². The summed E-state index contributed by atoms with van der Waals surface area (Å²) in [5, 5.41) is 0.904. The van der Waals surface area contributed by atoms with Gasteiger partial charge in [0.15, 0.2) is 17.3 Å². The predicted octanol–water partition coefficient (Wildman–Crippen LogP) is 4.92. The molecule has 3 aromatic rings. The first-order chi connectivity index (χ1) is 12.9. The van der Waals surface area contributed by atoms with Gasteiger partial charge in [-0.25, -0.2) is 4.98 Å². The summed E-state index contributed by atoms with van der Waals surface area (Å²) in [5.74, 6) is 0.168. The molecule has 0 saturated heterocycles. The number of benzene rings is 2. The number of rotatable bonds is 5. The Hall–Kier alpha value is -2.64. The molecule has 1 N–H and O–H groups in total. The minimum atomic E-state index is -2.97. The molecule has 1 heterocycles. The number of nitrogens with zero attached hydrogens (tertiary/aromatic N) is 1. The van der Waals surface area contributed by atoms with E-state index in [0.29, 0.717) is 21.5 Å². The molecule has 0 atom stereocenters. The van der Waals surface area contributed by atoms with Crippen LogP contribution in [0.3, 0.4) is 0 Å². The molecule has 0 fully saturated rings. The number of nitrogens with one attached hydrogen (secondary N) is 1. The highest BCUT2D eigenvalue weighted by molar-refractivity contribution is 6.50. The van der Waals surface area contributed by atoms with Gasteiger partial charge in [0.05, 0.1) is 23.0 Å². The summed E-state index contributed by atoms with van der Waals surface area (Å²) >= 11 is 12.2. The lowest BCUT2D eigenvalue weighted by molar-refractivity contribution is -0.0512. The number of halogens is 4. The van der Waals surface area contributed by atoms with E-state index in [1.165, 1.54) is 37.5 Å². The van der Waals surface area contributed by atoms with E-state index in [9.17, 15) is 13.6 Å². The van der Waals surface area contributed by atoms with Gasteiger partial charge in [0.25, 0.3) is 5.56 Å². The predicted molar refractivity (Wildman–Crippen MR) is 101 cm³/mol. The first kappa shape index (κ1) is 19.1. The van der Waals surface area contributed by atoms with E-state index in [1.807, 2.05) is 0 Å². The molecule has 140 valence electrons. The topological polar surface area (TPSA) is 64.2 Å². The van der Waals surface area contributed by atoms with Crippen LogP contribution < -0.4 is 15.0 Å². The second-order valence-corrected chi connectivity index (χ2v) is 6.20. The van der Waals surface area contributed by atoms with Gasteiger partial charge in [-0.2, -0.15) is 8.78 Å². The van der Waals surface area contributed by atoms with Crippen LogP contribution in [0.1, 0.15) is 11.4 Å². The lowest BCUT2D eigenvalue weighted by Crippen LogP contribution is -2.10. The number of methoxy groups -OCH3 is 1. The van der Waals surface area contributed by atoms with Crippen molar-refractivity contribution in [2.24, 2.45) is 0 Å². The second-order valence-electron chi connectivity index (χ2n) is 5.36. The molecule has 0 aliphatic carbocycles. The second kappa shape index (κ2) is 7.94. The van der Waals surface area contributed by atoms with E-state index in [1.54, 1.807) is 12.1 Å². The fourth-order valence-electron chi connectivity index (χ4n) is 2.41. The van der Waals surface area contributed by atoms with Crippen molar-refractivity contribution in [3.63, 3.8) is 0 Å². The number of hydrogen-bond donors (Lipinski definition) is 1. The van der Waals surface area contributed by atoms with Gasteiger partial charge in [0.1, 0.15) is 0 Å². The Morgan fingerprint density at radius 3 is 2.70 bits per heavy atom. The summed E-state index contributed by atoms with van der Waals surface area (Å²) in [6, 6.07) is 9.06. The molecule has 27 heavy (non-hydrogen) atoms. The van der Waals surface area contributed by atoms with Crippen molar-refractivity contribution in [2.75, 3.05) is 7.11 Å². The lowest BCUT2D eigenvalue weighted by Gasteiger charge is -2.10. The molecule has 0 unspecified atom stereocenters. The zero-order valence-corrected chi connectivity index (χ0v) is 15.3. The minimum Gasteiger partial charge on any atom is -0.493 e. The largest absolute Gasteiger partial charge is 0.493 e. The van der Waals surface area contributed by atoms with Gasteiger partial charge >= 0.3 is 6.61 Å². The first-order valence-electron chi connectivity index (χ1n) is 7.57. The van der Waals surface area contributed by atoms with E-state index in [-0.39, 0.29) is 27.9 Å². The number of alkyl halides is 2. The van der Waals surface area contributed by atoms with Crippen molar-refractivity contribution in [1.82, 2.24) is 9.97 Å². The Labute approximate surface area is 162 Å². The van der Waals surface area contributed by atoms with Crippen LogP contribution in [0, 0.1) is 0 Å². The standard InChI is InChI=1S/C18H12Cl2F2N2O3/c1-26-15-7-9(2-5-14(15)27-18(21)22)6-12(20)16-23-13-4-3-10(19)8-11(13)17(25)24-16/h2-8,18H,1H3,(H,23,24,25)/b12-6-. The number of ether oxygens (including phenoxy) is 2. The van der Waals surface area contributed by atoms with E-state index in [2.05, 4.69) is 14.7 Å². The van der Waals surface area contributed by atoms with Crippen molar-refractivity contribution in [2.45, 2.75) is 6.61 Å². The van der Waals surface area contributed by atoms with Gasteiger partial charge in [0, 0.05) is 5.02 Å². The molecule has 0 spiro atoms. The van der Waals surface area contributed by atoms with E-state index < -0.39 is 6.61 Å². The summed E-state index contributed by atoms with van der Waals surface area (Å²) in [5.41, 5.74) is 0.586. The number of aromatic amines is 1. The van der Waals surface area contributed by atoms with Crippen molar-refractivity contribution in [3.05, 3.63) is 63.2 Å². The molecule has 2 aromatic carbocycles. The van der Waals surface area contributed by atoms with Gasteiger partial charge in [0.2, 0.25) is 0 Å². The molecule has 0 aliphatic rings. The molecule has 1 aromatic heterocycles. The maximum atomic E-state index is 12.4. The summed E-state index contributed by atoms with van der Waals surface area (Å²) in [6.07, 6.45) is 1.51. The Balaban J connectivity index is 1.99. The van der Waals surface area contributed by atoms with Crippen LogP contribution in [0.2, 0.25) is 5.02 Å². The van der Waals surface area contributed by atoms with Crippen molar-refractivity contribution < 1.29 is 18.3 Å². The highest BCUT2D eigenvalue weighted by Crippen LogP contribution is 2.31. The fraction of sp³-hybridized carbons (Fsp3) is 0.111. The summed E-state index contributed by atoms with van der Waals surface area (Å²) in [6.45, 7) is -2.97. The average Bonchev–Trinajstić information content (AvgIpc) is 2.63. The average molecular weight is 413 g/mol. The highest BCUT2D eigenvalue weighted by atomic mass is 35.5. The van der Waals surface area contributed by atoms with Gasteiger partial charge in [-0.3, -0.25) is 4.79 Å². The molecule has 5 nitrogen and oxygen atoms in total. The highest BCUT2D eigenvalue weighted by Gasteiger charge is 2.12. The van der Waals surface area contributed by atoms with Crippen LogP contribution in [0.4, 0.5) is 8.78 Å². The Morgan fingerprint density at radius 2 is 2.00 bits per heavy atom. The fourth-order valence-corrected chi connectivity index (χ4v) is 2.79. The van der Waals surface area contributed by atoms with Crippen molar-refractivity contribution in [1.29, 1.82) is 0 Å². The molecule has 0 aliphatic heterocycles. The van der Waals surface area contributed by atoms with Crippen LogP contribution in [0.25, 0.3) is 22.0 Å². The Morgan fingerprint density at radius 1 is 1.22 bits per heavy atom. The number of H-pyrrole nitrogens is 1. The number of hydrogen-bond acceptors (Lipinski definition) is 4. The van der Waals surface area contributed by atoms with Crippen LogP contribution in [0.15, 0.2) is 41.2 Å². The molecule has 3 rings (SSSR count). The molecule has 9 heteroatoms. The molecule has 0 amide bonds. The van der Waals surface area contributed by atoms with Crippen molar-refractivity contribution in [3.8, 4) is 11.5 Å². The molecular formula is C18H12Cl2F2N2O3. The van der Waals surface area contributed by atoms with Gasteiger partial charge < -0.3 is 14.5 Å². The monoisotopic (exact) mass is 412 g/mol. The maximum Gasteiger partial charge on any atom is 0.387 e. The summed E-state index contributed by atoms with van der Waals surface area (Å²) in [4.78, 5) is 19.1. The maximum absolute atomic E-state index is 12.4. The van der Waals surface area contributed by atoms with Gasteiger partial charge in [-0.1, -0.05) is 29.3 Å². The third-order valence-electron chi connectivity index (χ3n) is 3.59. The first-order valence-corrected chi connectivity index (χ1v) is 8.33. The van der Waals surface area contributed by atoms with Crippen LogP contribution in [-0.4, -0.2) is 23.7 Å². The zero-order chi connectivity index (χ0) is 19.6. The molecular weight excluding hydrogens is 401 g/mol. The molecule has 0 radical (unpaired) electrons. The number of fused-ring (bicyclic) bond motifs is 1.